The fourth-order valence-corrected chi connectivity index (χ4v) is 6.68. The van der Waals surface area contributed by atoms with Crippen molar-refractivity contribution in [2.75, 3.05) is 0 Å². The lowest BCUT2D eigenvalue weighted by molar-refractivity contribution is 0.843. The van der Waals surface area contributed by atoms with Crippen LogP contribution in [0.2, 0.25) is 0 Å². The van der Waals surface area contributed by atoms with Crippen molar-refractivity contribution in [3.63, 3.8) is 0 Å². The SMILES string of the molecule is CCCCC=Nc1c2sc3ccccc3c2c(N=CCCCC)c2sc3ccccc3c12. The number of thiophene rings is 2. The molecule has 5 rings (SSSR count). The van der Waals surface area contributed by atoms with Crippen molar-refractivity contribution in [2.45, 2.75) is 52.4 Å². The van der Waals surface area contributed by atoms with Crippen LogP contribution in [0, 0.1) is 0 Å². The molecule has 0 aliphatic heterocycles. The first-order valence-corrected chi connectivity index (χ1v) is 13.3. The molecule has 0 atom stereocenters. The zero-order chi connectivity index (χ0) is 21.9. The van der Waals surface area contributed by atoms with Crippen LogP contribution >= 0.6 is 22.7 Å². The van der Waals surface area contributed by atoms with Crippen molar-refractivity contribution in [3.8, 4) is 0 Å². The minimum atomic E-state index is 1.02. The highest BCUT2D eigenvalue weighted by Gasteiger charge is 2.21. The lowest BCUT2D eigenvalue weighted by Crippen LogP contribution is -1.80. The molecule has 0 aliphatic carbocycles. The van der Waals surface area contributed by atoms with Crippen molar-refractivity contribution in [2.24, 2.45) is 9.98 Å². The van der Waals surface area contributed by atoms with Gasteiger partial charge >= 0.3 is 0 Å². The maximum absolute atomic E-state index is 5.11. The van der Waals surface area contributed by atoms with Gasteiger partial charge in [-0.25, -0.2) is 0 Å². The number of hydrogen-bond acceptors (Lipinski definition) is 4. The molecule has 32 heavy (non-hydrogen) atoms. The molecule has 0 spiro atoms. The highest BCUT2D eigenvalue weighted by Crippen LogP contribution is 2.53. The average Bonchev–Trinajstić information content (AvgIpc) is 3.39. The Hall–Kier alpha value is -2.56. The Morgan fingerprint density at radius 1 is 0.656 bits per heavy atom. The minimum absolute atomic E-state index is 1.02. The van der Waals surface area contributed by atoms with Crippen LogP contribution in [0.5, 0.6) is 0 Å². The first-order valence-electron chi connectivity index (χ1n) is 11.7. The van der Waals surface area contributed by atoms with E-state index in [9.17, 15) is 0 Å². The summed E-state index contributed by atoms with van der Waals surface area (Å²) in [4.78, 5) is 10.2. The van der Waals surface area contributed by atoms with Crippen LogP contribution in [-0.4, -0.2) is 12.4 Å². The molecule has 0 radical (unpaired) electrons. The van der Waals surface area contributed by atoms with Crippen LogP contribution in [-0.2, 0) is 0 Å². The first kappa shape index (κ1) is 21.3. The molecule has 0 N–H and O–H groups in total. The number of rotatable bonds is 8. The summed E-state index contributed by atoms with van der Waals surface area (Å²) < 4.78 is 5.13. The Bertz CT molecular complexity index is 1340. The second-order valence-electron chi connectivity index (χ2n) is 8.21. The third-order valence-corrected chi connectivity index (χ3v) is 8.26. The molecular formula is C28H28N2S2. The van der Waals surface area contributed by atoms with E-state index in [1.807, 2.05) is 22.7 Å². The maximum atomic E-state index is 5.11. The molecule has 3 aromatic carbocycles. The van der Waals surface area contributed by atoms with E-state index in [1.165, 1.54) is 66.0 Å². The van der Waals surface area contributed by atoms with Gasteiger partial charge in [0.2, 0.25) is 0 Å². The summed E-state index contributed by atoms with van der Waals surface area (Å²) in [6, 6.07) is 17.5. The van der Waals surface area contributed by atoms with E-state index in [-0.39, 0.29) is 0 Å². The van der Waals surface area contributed by atoms with E-state index in [0.29, 0.717) is 0 Å². The molecule has 2 aromatic heterocycles. The van der Waals surface area contributed by atoms with E-state index in [0.717, 1.165) is 24.2 Å². The zero-order valence-corrected chi connectivity index (χ0v) is 20.4. The molecular weight excluding hydrogens is 428 g/mol. The van der Waals surface area contributed by atoms with Gasteiger partial charge in [0.25, 0.3) is 0 Å². The van der Waals surface area contributed by atoms with Gasteiger partial charge in [-0.2, -0.15) is 0 Å². The van der Waals surface area contributed by atoms with Crippen molar-refractivity contribution in [1.82, 2.24) is 0 Å². The number of aliphatic imine (C=N–C) groups is 2. The standard InChI is InChI=1S/C28H28N2S2/c1-3-5-11-17-29-25-23-19-13-7-9-15-21(19)32-28(23)26(30-18-12-6-4-2)24-20-14-8-10-16-22(20)31-27(24)25/h7-10,13-18H,3-6,11-12H2,1-2H3. The molecule has 162 valence electrons. The number of hydrogen-bond donors (Lipinski definition) is 0. The largest absolute Gasteiger partial charge is 0.259 e. The lowest BCUT2D eigenvalue weighted by atomic mass is 10.0. The summed E-state index contributed by atoms with van der Waals surface area (Å²) >= 11 is 3.71. The Morgan fingerprint density at radius 3 is 1.53 bits per heavy atom. The molecule has 2 nitrogen and oxygen atoms in total. The van der Waals surface area contributed by atoms with Gasteiger partial charge in [0.05, 0.1) is 20.8 Å². The highest BCUT2D eigenvalue weighted by atomic mass is 32.1. The van der Waals surface area contributed by atoms with Crippen molar-refractivity contribution < 1.29 is 0 Å². The smallest absolute Gasteiger partial charge is 0.0898 e. The molecule has 5 aromatic rings. The van der Waals surface area contributed by atoms with Crippen LogP contribution in [0.4, 0.5) is 11.4 Å². The zero-order valence-electron chi connectivity index (χ0n) is 18.7. The van der Waals surface area contributed by atoms with E-state index in [4.69, 9.17) is 9.98 Å². The fourth-order valence-electron chi connectivity index (χ4n) is 4.27. The van der Waals surface area contributed by atoms with Crippen LogP contribution in [0.15, 0.2) is 58.5 Å². The second-order valence-corrected chi connectivity index (χ2v) is 10.3. The van der Waals surface area contributed by atoms with Gasteiger partial charge in [-0.3, -0.25) is 9.98 Å². The predicted octanol–water partition coefficient (Wildman–Crippen LogP) is 10.2. The quantitative estimate of drug-likeness (QED) is 0.164. The lowest BCUT2D eigenvalue weighted by Gasteiger charge is -2.07. The highest BCUT2D eigenvalue weighted by molar-refractivity contribution is 7.28. The molecule has 0 saturated carbocycles. The molecule has 4 heteroatoms. The molecule has 0 aliphatic rings. The summed E-state index contributed by atoms with van der Waals surface area (Å²) in [7, 11) is 0. The normalized spacial score (nSPS) is 12.6. The Labute approximate surface area is 197 Å². The Kier molecular flexibility index (Phi) is 6.33. The summed E-state index contributed by atoms with van der Waals surface area (Å²) in [5.74, 6) is 0. The number of fused-ring (bicyclic) bond motifs is 6. The van der Waals surface area contributed by atoms with Crippen LogP contribution in [0.25, 0.3) is 40.3 Å². The predicted molar refractivity (Wildman–Crippen MR) is 148 cm³/mol. The van der Waals surface area contributed by atoms with E-state index in [2.05, 4.69) is 74.8 Å². The first-order chi connectivity index (χ1) is 15.8. The number of benzene rings is 3. The maximum Gasteiger partial charge on any atom is 0.0898 e. The third-order valence-electron chi connectivity index (χ3n) is 5.91. The summed E-state index contributed by atoms with van der Waals surface area (Å²) in [5, 5.41) is 5.11. The monoisotopic (exact) mass is 456 g/mol. The van der Waals surface area contributed by atoms with Gasteiger partial charge in [0.1, 0.15) is 0 Å². The van der Waals surface area contributed by atoms with Crippen LogP contribution in [0.3, 0.4) is 0 Å². The van der Waals surface area contributed by atoms with Gasteiger partial charge in [0.15, 0.2) is 0 Å². The van der Waals surface area contributed by atoms with Crippen molar-refractivity contribution in [3.05, 3.63) is 48.5 Å². The van der Waals surface area contributed by atoms with Crippen molar-refractivity contribution >= 4 is 86.8 Å². The second kappa shape index (κ2) is 9.51. The molecule has 0 bridgehead atoms. The van der Waals surface area contributed by atoms with Gasteiger partial charge in [-0.1, -0.05) is 63.1 Å². The summed E-state index contributed by atoms with van der Waals surface area (Å²) in [6.07, 6.45) is 11.0. The topological polar surface area (TPSA) is 24.7 Å². The molecule has 0 unspecified atom stereocenters. The van der Waals surface area contributed by atoms with Gasteiger partial charge in [-0.05, 0) is 37.8 Å². The van der Waals surface area contributed by atoms with Crippen molar-refractivity contribution in [1.29, 1.82) is 0 Å². The van der Waals surface area contributed by atoms with E-state index < -0.39 is 0 Å². The van der Waals surface area contributed by atoms with Gasteiger partial charge < -0.3 is 0 Å². The molecule has 0 amide bonds. The Morgan fingerprint density at radius 2 is 1.09 bits per heavy atom. The van der Waals surface area contributed by atoms with Gasteiger partial charge in [0, 0.05) is 43.4 Å². The fraction of sp³-hybridized carbons (Fsp3) is 0.286. The summed E-state index contributed by atoms with van der Waals surface area (Å²) in [6.45, 7) is 4.46. The number of unbranched alkanes of at least 4 members (excludes halogenated alkanes) is 4. The average molecular weight is 457 g/mol. The minimum Gasteiger partial charge on any atom is -0.259 e. The molecule has 0 fully saturated rings. The van der Waals surface area contributed by atoms with E-state index >= 15 is 0 Å². The molecule has 0 saturated heterocycles. The third kappa shape index (κ3) is 3.76. The summed E-state index contributed by atoms with van der Waals surface area (Å²) in [5.41, 5.74) is 2.24. The Balaban J connectivity index is 1.89. The number of nitrogens with zero attached hydrogens (tertiary/aromatic N) is 2. The van der Waals surface area contributed by atoms with E-state index in [1.54, 1.807) is 0 Å². The van der Waals surface area contributed by atoms with Crippen LogP contribution in [0.1, 0.15) is 52.4 Å². The molecule has 2 heterocycles. The van der Waals surface area contributed by atoms with Gasteiger partial charge in [-0.15, -0.1) is 22.7 Å². The van der Waals surface area contributed by atoms with Crippen LogP contribution < -0.4 is 0 Å².